The van der Waals surface area contributed by atoms with Crippen LogP contribution in [-0.2, 0) is 16.1 Å². The van der Waals surface area contributed by atoms with E-state index >= 15 is 0 Å². The number of nitrogens with one attached hydrogen (secondary N) is 1. The van der Waals surface area contributed by atoms with Gasteiger partial charge in [0.2, 0.25) is 5.91 Å². The monoisotopic (exact) mass is 506 g/mol. The average Bonchev–Trinajstić information content (AvgIpc) is 3.20. The number of carbonyl (C=O) groups is 3. The molecule has 0 fully saturated rings. The fourth-order valence-electron chi connectivity index (χ4n) is 4.36. The molecule has 0 aliphatic rings. The zero-order valence-corrected chi connectivity index (χ0v) is 22.7. The summed E-state index contributed by atoms with van der Waals surface area (Å²) in [6, 6.07) is 10.8. The molecule has 0 bridgehead atoms. The van der Waals surface area contributed by atoms with Gasteiger partial charge in [-0.3, -0.25) is 9.59 Å². The van der Waals surface area contributed by atoms with E-state index in [2.05, 4.69) is 12.2 Å². The molecule has 0 aliphatic carbocycles. The van der Waals surface area contributed by atoms with Crippen LogP contribution in [-0.4, -0.2) is 35.4 Å². The second-order valence-corrected chi connectivity index (χ2v) is 10.3. The van der Waals surface area contributed by atoms with Crippen LogP contribution >= 0.6 is 0 Å². The van der Waals surface area contributed by atoms with E-state index in [9.17, 15) is 14.4 Å². The number of amides is 1. The fourth-order valence-corrected chi connectivity index (χ4v) is 4.36. The first-order valence-electron chi connectivity index (χ1n) is 12.9. The number of anilines is 1. The Kier molecular flexibility index (Phi) is 9.14. The molecule has 7 nitrogen and oxygen atoms in total. The number of nitrogens with zero attached hydrogens (tertiary/aromatic N) is 1. The molecule has 3 rings (SSSR count). The third-order valence-electron chi connectivity index (χ3n) is 6.34. The summed E-state index contributed by atoms with van der Waals surface area (Å²) in [4.78, 5) is 37.1. The first kappa shape index (κ1) is 28.0. The number of carbonyl (C=O) groups excluding carboxylic acids is 3. The molecule has 1 unspecified atom stereocenters. The van der Waals surface area contributed by atoms with Crippen LogP contribution in [0.15, 0.2) is 42.6 Å². The quantitative estimate of drug-likeness (QED) is 0.233. The highest BCUT2D eigenvalue weighted by atomic mass is 16.6. The van der Waals surface area contributed by atoms with Gasteiger partial charge >= 0.3 is 5.97 Å². The van der Waals surface area contributed by atoms with Crippen molar-refractivity contribution in [1.29, 1.82) is 0 Å². The predicted molar refractivity (Wildman–Crippen MR) is 147 cm³/mol. The molecule has 37 heavy (non-hydrogen) atoms. The molecule has 0 aliphatic heterocycles. The molecule has 0 saturated heterocycles. The number of aldehydes is 1. The largest absolute Gasteiger partial charge is 0.496 e. The number of rotatable bonds is 11. The molecule has 0 saturated carbocycles. The Bertz CT molecular complexity index is 1270. The first-order chi connectivity index (χ1) is 17.6. The van der Waals surface area contributed by atoms with Gasteiger partial charge in [0.25, 0.3) is 0 Å². The summed E-state index contributed by atoms with van der Waals surface area (Å²) in [7, 11) is 1.55. The van der Waals surface area contributed by atoms with Gasteiger partial charge in [-0.15, -0.1) is 0 Å². The summed E-state index contributed by atoms with van der Waals surface area (Å²) in [5.41, 5.74) is 2.71. The minimum Gasteiger partial charge on any atom is -0.496 e. The zero-order valence-electron chi connectivity index (χ0n) is 22.7. The van der Waals surface area contributed by atoms with Crippen LogP contribution in [0.5, 0.6) is 5.75 Å². The highest BCUT2D eigenvalue weighted by Crippen LogP contribution is 2.29. The number of aromatic nitrogens is 1. The molecule has 1 aromatic heterocycles. The van der Waals surface area contributed by atoms with Crippen molar-refractivity contribution >= 4 is 34.8 Å². The van der Waals surface area contributed by atoms with E-state index in [0.29, 0.717) is 29.1 Å². The van der Waals surface area contributed by atoms with E-state index < -0.39 is 11.6 Å². The lowest BCUT2D eigenvalue weighted by atomic mass is 9.98. The summed E-state index contributed by atoms with van der Waals surface area (Å²) in [6.07, 6.45) is 6.36. The normalized spacial score (nSPS) is 12.3. The Balaban J connectivity index is 1.91. The lowest BCUT2D eigenvalue weighted by Crippen LogP contribution is -2.23. The zero-order chi connectivity index (χ0) is 27.2. The molecule has 1 heterocycles. The van der Waals surface area contributed by atoms with E-state index in [-0.39, 0.29) is 11.8 Å². The van der Waals surface area contributed by atoms with Crippen LogP contribution in [0.3, 0.4) is 0 Å². The van der Waals surface area contributed by atoms with Crippen molar-refractivity contribution in [3.05, 3.63) is 59.3 Å². The molecule has 1 amide bonds. The molecule has 198 valence electrons. The van der Waals surface area contributed by atoms with Crippen molar-refractivity contribution in [2.45, 2.75) is 72.4 Å². The Hall–Kier alpha value is -3.61. The third-order valence-corrected chi connectivity index (χ3v) is 6.34. The summed E-state index contributed by atoms with van der Waals surface area (Å²) >= 11 is 0. The van der Waals surface area contributed by atoms with Gasteiger partial charge in [0.1, 0.15) is 11.4 Å². The summed E-state index contributed by atoms with van der Waals surface area (Å²) < 4.78 is 13.0. The van der Waals surface area contributed by atoms with Gasteiger partial charge in [0, 0.05) is 34.3 Å². The number of fused-ring (bicyclic) bond motifs is 1. The van der Waals surface area contributed by atoms with Crippen molar-refractivity contribution in [3.8, 4) is 5.75 Å². The van der Waals surface area contributed by atoms with E-state index in [1.807, 2.05) is 56.5 Å². The van der Waals surface area contributed by atoms with Crippen LogP contribution in [0.2, 0.25) is 0 Å². The van der Waals surface area contributed by atoms with Crippen LogP contribution in [0.25, 0.3) is 10.9 Å². The highest BCUT2D eigenvalue weighted by molar-refractivity contribution is 6.01. The third kappa shape index (κ3) is 7.00. The van der Waals surface area contributed by atoms with Crippen molar-refractivity contribution in [3.63, 3.8) is 0 Å². The van der Waals surface area contributed by atoms with Crippen LogP contribution < -0.4 is 10.1 Å². The number of benzene rings is 2. The number of hydrogen-bond donors (Lipinski definition) is 1. The minimum atomic E-state index is -0.599. The maximum atomic E-state index is 12.9. The number of ether oxygens (including phenoxy) is 2. The summed E-state index contributed by atoms with van der Waals surface area (Å²) in [5, 5.41) is 3.86. The van der Waals surface area contributed by atoms with Crippen molar-refractivity contribution in [1.82, 2.24) is 4.57 Å². The van der Waals surface area contributed by atoms with E-state index in [1.165, 1.54) is 0 Å². The van der Waals surface area contributed by atoms with Gasteiger partial charge in [0.15, 0.2) is 6.29 Å². The standard InChI is InChI=1S/C30H38N2O5/c1-7-9-10-20(8-2)28(34)31-24-13-14-25-23(19-33)18-32(26(25)16-24)17-22-12-11-21(15-27(22)36-6)29(35)37-30(3,4)5/h11-16,18-20H,7-10,17H2,1-6H3,(H,31,34). The Labute approximate surface area is 219 Å². The second-order valence-electron chi connectivity index (χ2n) is 10.3. The number of esters is 1. The van der Waals surface area contributed by atoms with Gasteiger partial charge in [0.05, 0.1) is 24.7 Å². The summed E-state index contributed by atoms with van der Waals surface area (Å²) in [5.74, 6) is 0.116. The van der Waals surface area contributed by atoms with Gasteiger partial charge in [-0.05, 0) is 57.9 Å². The maximum Gasteiger partial charge on any atom is 0.338 e. The Morgan fingerprint density at radius 2 is 1.86 bits per heavy atom. The highest BCUT2D eigenvalue weighted by Gasteiger charge is 2.20. The lowest BCUT2D eigenvalue weighted by Gasteiger charge is -2.20. The topological polar surface area (TPSA) is 86.6 Å². The SMILES string of the molecule is CCCCC(CC)C(=O)Nc1ccc2c(C=O)cn(Cc3ccc(C(=O)OC(C)(C)C)cc3OC)c2c1. The molecule has 0 radical (unpaired) electrons. The van der Waals surface area contributed by atoms with Crippen molar-refractivity contribution in [2.75, 3.05) is 12.4 Å². The van der Waals surface area contributed by atoms with E-state index in [4.69, 9.17) is 9.47 Å². The van der Waals surface area contributed by atoms with Crippen molar-refractivity contribution in [2.24, 2.45) is 5.92 Å². The Morgan fingerprint density at radius 1 is 1.11 bits per heavy atom. The second kappa shape index (κ2) is 12.1. The molecular weight excluding hydrogens is 468 g/mol. The Morgan fingerprint density at radius 3 is 2.49 bits per heavy atom. The van der Waals surface area contributed by atoms with E-state index in [0.717, 1.165) is 48.4 Å². The average molecular weight is 507 g/mol. The molecule has 7 heteroatoms. The molecule has 3 aromatic rings. The van der Waals surface area contributed by atoms with Crippen LogP contribution in [0.1, 0.15) is 86.6 Å². The summed E-state index contributed by atoms with van der Waals surface area (Å²) in [6.45, 7) is 10.0. The van der Waals surface area contributed by atoms with Gasteiger partial charge in [-0.2, -0.15) is 0 Å². The van der Waals surface area contributed by atoms with Crippen molar-refractivity contribution < 1.29 is 23.9 Å². The number of unbranched alkanes of at least 4 members (excludes halogenated alkanes) is 1. The van der Waals surface area contributed by atoms with Crippen LogP contribution in [0, 0.1) is 5.92 Å². The van der Waals surface area contributed by atoms with Gasteiger partial charge < -0.3 is 19.4 Å². The molecular formula is C30H38N2O5. The number of methoxy groups -OCH3 is 1. The minimum absolute atomic E-state index is 0.0171. The van der Waals surface area contributed by atoms with Crippen LogP contribution in [0.4, 0.5) is 5.69 Å². The maximum absolute atomic E-state index is 12.9. The van der Waals surface area contributed by atoms with E-state index in [1.54, 1.807) is 25.4 Å². The molecule has 1 N–H and O–H groups in total. The van der Waals surface area contributed by atoms with Gasteiger partial charge in [-0.25, -0.2) is 4.79 Å². The fraction of sp³-hybridized carbons (Fsp3) is 0.433. The lowest BCUT2D eigenvalue weighted by molar-refractivity contribution is -0.120. The molecule has 2 aromatic carbocycles. The molecule has 0 spiro atoms. The smallest absolute Gasteiger partial charge is 0.338 e. The molecule has 1 atom stereocenters. The van der Waals surface area contributed by atoms with Gasteiger partial charge in [-0.1, -0.05) is 38.8 Å². The predicted octanol–water partition coefficient (Wildman–Crippen LogP) is 6.62. The number of hydrogen-bond acceptors (Lipinski definition) is 5. The first-order valence-corrected chi connectivity index (χ1v) is 12.9.